The fourth-order valence-electron chi connectivity index (χ4n) is 4.02. The molecule has 1 N–H and O–H groups in total. The number of carbonyl (C=O) groups is 2. The normalized spacial score (nSPS) is 37.8. The Morgan fingerprint density at radius 1 is 1.26 bits per heavy atom. The largest absolute Gasteiger partial charge is 0.393 e. The van der Waals surface area contributed by atoms with Crippen LogP contribution in [0.2, 0.25) is 0 Å². The van der Waals surface area contributed by atoms with Gasteiger partial charge in [0.25, 0.3) is 0 Å². The van der Waals surface area contributed by atoms with Gasteiger partial charge in [0, 0.05) is 4.47 Å². The summed E-state index contributed by atoms with van der Waals surface area (Å²) >= 11 is 3.44. The quantitative estimate of drug-likeness (QED) is 0.631. The lowest BCUT2D eigenvalue weighted by Gasteiger charge is -2.27. The molecule has 0 unspecified atom stereocenters. The van der Waals surface area contributed by atoms with E-state index >= 15 is 0 Å². The van der Waals surface area contributed by atoms with E-state index in [0.29, 0.717) is 5.69 Å². The first-order valence-electron chi connectivity index (χ1n) is 7.48. The Morgan fingerprint density at radius 3 is 2.61 bits per heavy atom. The van der Waals surface area contributed by atoms with E-state index in [-0.39, 0.29) is 18.4 Å². The lowest BCUT2D eigenvalue weighted by molar-refractivity contribution is -0.131. The Bertz CT molecular complexity index is 776. The summed E-state index contributed by atoms with van der Waals surface area (Å²) in [6.45, 7) is 3.42. The minimum atomic E-state index is -1.08. The van der Waals surface area contributed by atoms with Crippen molar-refractivity contribution < 1.29 is 19.4 Å². The van der Waals surface area contributed by atoms with Crippen molar-refractivity contribution in [1.82, 2.24) is 0 Å². The molecule has 1 aromatic rings. The van der Waals surface area contributed by atoms with Crippen LogP contribution in [0.15, 0.2) is 34.8 Å². The second-order valence-electron chi connectivity index (χ2n) is 6.63. The van der Waals surface area contributed by atoms with Gasteiger partial charge < -0.3 is 9.84 Å². The molecule has 0 spiro atoms. The number of hydrogen-bond acceptors (Lipinski definition) is 4. The van der Waals surface area contributed by atoms with Gasteiger partial charge in [-0.2, -0.15) is 0 Å². The molecule has 1 aromatic carbocycles. The van der Waals surface area contributed by atoms with Crippen molar-refractivity contribution in [3.8, 4) is 0 Å². The molecular weight excluding hydrogens is 362 g/mol. The molecule has 5 nitrogen and oxygen atoms in total. The highest BCUT2D eigenvalue weighted by Crippen LogP contribution is 2.57. The summed E-state index contributed by atoms with van der Waals surface area (Å²) in [7, 11) is 0. The Kier molecular flexibility index (Phi) is 2.96. The summed E-state index contributed by atoms with van der Waals surface area (Å²) in [5.41, 5.74) is -0.348. The Labute approximate surface area is 142 Å². The number of halogens is 1. The third-order valence-electron chi connectivity index (χ3n) is 5.22. The van der Waals surface area contributed by atoms with Crippen LogP contribution < -0.4 is 4.90 Å². The zero-order valence-corrected chi connectivity index (χ0v) is 14.3. The van der Waals surface area contributed by atoms with E-state index in [1.165, 1.54) is 4.90 Å². The van der Waals surface area contributed by atoms with E-state index in [0.717, 1.165) is 10.0 Å². The topological polar surface area (TPSA) is 66.8 Å². The summed E-state index contributed by atoms with van der Waals surface area (Å²) < 4.78 is 6.73. The predicted octanol–water partition coefficient (Wildman–Crippen LogP) is 1.95. The smallest absolute Gasteiger partial charge is 0.241 e. The average Bonchev–Trinajstić information content (AvgIpc) is 3.09. The standard InChI is InChI=1S/C17H16BrNO4/c1-9-3-4-10(7-11(9)18)19-14(21)12-13(15(19)22)17(8-20)6-5-16(12,2)23-17/h3-7,12-13,20H,8H2,1-2H3/t12-,13+,16+,17-/m1/s1. The van der Waals surface area contributed by atoms with Crippen LogP contribution in [0.1, 0.15) is 12.5 Å². The molecule has 4 rings (SSSR count). The number of carbonyl (C=O) groups excluding carboxylic acids is 2. The monoisotopic (exact) mass is 377 g/mol. The number of fused-ring (bicyclic) bond motifs is 5. The molecule has 2 saturated heterocycles. The van der Waals surface area contributed by atoms with Crippen molar-refractivity contribution in [2.45, 2.75) is 25.0 Å². The van der Waals surface area contributed by atoms with Crippen LogP contribution >= 0.6 is 15.9 Å². The highest BCUT2D eigenvalue weighted by molar-refractivity contribution is 9.10. The SMILES string of the molecule is Cc1ccc(N2C(=O)[C@@H]3[C@H](C2=O)[C@]2(C)C=C[C@]3(CO)O2)cc1Br. The molecule has 0 aliphatic carbocycles. The van der Waals surface area contributed by atoms with E-state index in [9.17, 15) is 14.7 Å². The first kappa shape index (κ1) is 15.1. The molecule has 0 saturated carbocycles. The molecule has 4 atom stereocenters. The number of aliphatic hydroxyl groups is 1. The number of rotatable bonds is 2. The third-order valence-corrected chi connectivity index (χ3v) is 6.07. The van der Waals surface area contributed by atoms with E-state index in [4.69, 9.17) is 4.74 Å². The van der Waals surface area contributed by atoms with Crippen molar-refractivity contribution in [2.24, 2.45) is 11.8 Å². The first-order chi connectivity index (χ1) is 10.8. The van der Waals surface area contributed by atoms with Crippen LogP contribution in [-0.2, 0) is 14.3 Å². The molecule has 2 bridgehead atoms. The van der Waals surface area contributed by atoms with Gasteiger partial charge in [0.15, 0.2) is 0 Å². The van der Waals surface area contributed by atoms with Gasteiger partial charge in [0.05, 0.1) is 29.7 Å². The van der Waals surface area contributed by atoms with Crippen molar-refractivity contribution >= 4 is 33.4 Å². The highest BCUT2D eigenvalue weighted by atomic mass is 79.9. The highest BCUT2D eigenvalue weighted by Gasteiger charge is 2.72. The molecule has 23 heavy (non-hydrogen) atoms. The van der Waals surface area contributed by atoms with Gasteiger partial charge in [-0.15, -0.1) is 0 Å². The van der Waals surface area contributed by atoms with Crippen LogP contribution in [0.3, 0.4) is 0 Å². The number of hydrogen-bond donors (Lipinski definition) is 1. The lowest BCUT2D eigenvalue weighted by atomic mass is 9.73. The molecule has 3 aliphatic heterocycles. The maximum atomic E-state index is 13.0. The fourth-order valence-corrected chi connectivity index (χ4v) is 4.38. The number of nitrogens with zero attached hydrogens (tertiary/aromatic N) is 1. The fraction of sp³-hybridized carbons (Fsp3) is 0.412. The molecule has 0 aromatic heterocycles. The number of aliphatic hydroxyl groups excluding tert-OH is 1. The number of aryl methyl sites for hydroxylation is 1. The second kappa shape index (κ2) is 4.53. The first-order valence-corrected chi connectivity index (χ1v) is 8.28. The van der Waals surface area contributed by atoms with Gasteiger partial charge in [-0.25, -0.2) is 4.90 Å². The zero-order chi connectivity index (χ0) is 16.6. The molecule has 0 radical (unpaired) electrons. The predicted molar refractivity (Wildman–Crippen MR) is 86.8 cm³/mol. The summed E-state index contributed by atoms with van der Waals surface area (Å²) in [6, 6.07) is 5.40. The summed E-state index contributed by atoms with van der Waals surface area (Å²) in [5.74, 6) is -1.84. The van der Waals surface area contributed by atoms with Gasteiger partial charge in [-0.05, 0) is 31.5 Å². The molecule has 2 fully saturated rings. The molecule has 3 aliphatic rings. The van der Waals surface area contributed by atoms with Gasteiger partial charge in [0.2, 0.25) is 11.8 Å². The third kappa shape index (κ3) is 1.74. The minimum Gasteiger partial charge on any atom is -0.393 e. The second-order valence-corrected chi connectivity index (χ2v) is 7.49. The molecule has 3 heterocycles. The number of benzene rings is 1. The van der Waals surface area contributed by atoms with E-state index in [1.807, 2.05) is 13.0 Å². The number of imide groups is 1. The average molecular weight is 378 g/mol. The van der Waals surface area contributed by atoms with E-state index < -0.39 is 23.0 Å². The maximum absolute atomic E-state index is 13.0. The summed E-state index contributed by atoms with van der Waals surface area (Å²) in [6.07, 6.45) is 3.53. The van der Waals surface area contributed by atoms with Crippen molar-refractivity contribution in [3.63, 3.8) is 0 Å². The van der Waals surface area contributed by atoms with Crippen molar-refractivity contribution in [1.29, 1.82) is 0 Å². The summed E-state index contributed by atoms with van der Waals surface area (Å²) in [4.78, 5) is 27.1. The summed E-state index contributed by atoms with van der Waals surface area (Å²) in [5, 5.41) is 9.78. The number of anilines is 1. The van der Waals surface area contributed by atoms with E-state index in [2.05, 4.69) is 15.9 Å². The minimum absolute atomic E-state index is 0.266. The Balaban J connectivity index is 1.81. The van der Waals surface area contributed by atoms with Crippen LogP contribution in [0, 0.1) is 18.8 Å². The van der Waals surface area contributed by atoms with Gasteiger partial charge in [0.1, 0.15) is 5.60 Å². The van der Waals surface area contributed by atoms with Crippen LogP contribution in [0.5, 0.6) is 0 Å². The molecule has 6 heteroatoms. The maximum Gasteiger partial charge on any atom is 0.241 e. The van der Waals surface area contributed by atoms with Crippen LogP contribution in [0.4, 0.5) is 5.69 Å². The lowest BCUT2D eigenvalue weighted by Crippen LogP contribution is -2.43. The van der Waals surface area contributed by atoms with Gasteiger partial charge in [-0.1, -0.05) is 34.1 Å². The molecule has 2 amide bonds. The van der Waals surface area contributed by atoms with Gasteiger partial charge in [-0.3, -0.25) is 9.59 Å². The Morgan fingerprint density at radius 2 is 1.96 bits per heavy atom. The number of ether oxygens (including phenoxy) is 1. The van der Waals surface area contributed by atoms with Crippen LogP contribution in [0.25, 0.3) is 0 Å². The Hall–Kier alpha value is -1.50. The zero-order valence-electron chi connectivity index (χ0n) is 12.7. The van der Waals surface area contributed by atoms with Crippen molar-refractivity contribution in [3.05, 3.63) is 40.4 Å². The van der Waals surface area contributed by atoms with Gasteiger partial charge >= 0.3 is 0 Å². The number of amides is 2. The van der Waals surface area contributed by atoms with Crippen molar-refractivity contribution in [2.75, 3.05) is 11.5 Å². The van der Waals surface area contributed by atoms with Crippen LogP contribution in [-0.4, -0.2) is 34.7 Å². The molecule has 120 valence electrons. The molecular formula is C17H16BrNO4. The van der Waals surface area contributed by atoms with E-state index in [1.54, 1.807) is 31.2 Å².